The Kier molecular flexibility index (Phi) is 5.69. The van der Waals surface area contributed by atoms with Gasteiger partial charge in [0.1, 0.15) is 17.5 Å². The summed E-state index contributed by atoms with van der Waals surface area (Å²) in [5, 5.41) is 15.1. The third-order valence-electron chi connectivity index (χ3n) is 5.54. The number of hydrogen-bond donors (Lipinski definition) is 1. The first-order valence-electron chi connectivity index (χ1n) is 9.88. The minimum atomic E-state index is 0.549. The minimum absolute atomic E-state index is 0.549. The molecule has 0 atom stereocenters. The van der Waals surface area contributed by atoms with Crippen LogP contribution in [0.25, 0.3) is 10.9 Å². The van der Waals surface area contributed by atoms with Gasteiger partial charge in [0.2, 0.25) is 0 Å². The fraction of sp³-hybridized carbons (Fsp3) is 0.250. The van der Waals surface area contributed by atoms with E-state index in [1.54, 1.807) is 0 Å². The maximum atomic E-state index is 10.0. The molecule has 0 spiro atoms. The molecule has 1 N–H and O–H groups in total. The first kappa shape index (κ1) is 19.3. The molecule has 1 aromatic heterocycles. The van der Waals surface area contributed by atoms with Crippen LogP contribution in [0.3, 0.4) is 0 Å². The summed E-state index contributed by atoms with van der Waals surface area (Å²) in [4.78, 5) is 7.09. The summed E-state index contributed by atoms with van der Waals surface area (Å²) in [5.41, 5.74) is 3.57. The van der Waals surface area contributed by atoms with Crippen molar-refractivity contribution in [2.45, 2.75) is 19.4 Å². The Bertz CT molecular complexity index is 1060. The maximum Gasteiger partial charge on any atom is 0.147 e. The topological polar surface area (TPSA) is 52.0 Å². The van der Waals surface area contributed by atoms with Crippen molar-refractivity contribution in [2.24, 2.45) is 5.92 Å². The van der Waals surface area contributed by atoms with Gasteiger partial charge in [-0.05, 0) is 42.5 Å². The normalized spacial score (nSPS) is 14.6. The van der Waals surface area contributed by atoms with Crippen LogP contribution in [0.1, 0.15) is 24.0 Å². The van der Waals surface area contributed by atoms with Gasteiger partial charge in [-0.3, -0.25) is 0 Å². The van der Waals surface area contributed by atoms with Crippen molar-refractivity contribution >= 4 is 34.0 Å². The van der Waals surface area contributed by atoms with E-state index in [0.29, 0.717) is 28.9 Å². The molecular weight excluding hydrogens is 380 g/mol. The molecule has 0 amide bonds. The number of pyridine rings is 1. The van der Waals surface area contributed by atoms with Crippen LogP contribution in [-0.4, -0.2) is 18.1 Å². The van der Waals surface area contributed by atoms with Crippen LogP contribution in [0, 0.1) is 17.2 Å². The molecule has 4 nitrogen and oxygen atoms in total. The lowest BCUT2D eigenvalue weighted by molar-refractivity contribution is 0.480. The van der Waals surface area contributed by atoms with Gasteiger partial charge < -0.3 is 10.2 Å². The zero-order chi connectivity index (χ0) is 20.2. The third kappa shape index (κ3) is 4.06. The summed E-state index contributed by atoms with van der Waals surface area (Å²) in [6.45, 7) is 6.34. The van der Waals surface area contributed by atoms with E-state index in [2.05, 4.69) is 28.9 Å². The Labute approximate surface area is 176 Å². The number of nitrogens with one attached hydrogen (secondary N) is 1. The number of aromatic nitrogens is 1. The molecule has 0 unspecified atom stereocenters. The Balaban J connectivity index is 1.72. The van der Waals surface area contributed by atoms with Gasteiger partial charge in [0, 0.05) is 30.0 Å². The molecule has 1 aliphatic heterocycles. The number of anilines is 2. The van der Waals surface area contributed by atoms with Crippen molar-refractivity contribution in [2.75, 3.05) is 23.3 Å². The van der Waals surface area contributed by atoms with E-state index < -0.39 is 0 Å². The lowest BCUT2D eigenvalue weighted by Crippen LogP contribution is -2.34. The Morgan fingerprint density at radius 1 is 1.17 bits per heavy atom. The van der Waals surface area contributed by atoms with Gasteiger partial charge >= 0.3 is 0 Å². The molecule has 1 saturated heterocycles. The van der Waals surface area contributed by atoms with E-state index in [1.807, 2.05) is 48.5 Å². The van der Waals surface area contributed by atoms with Crippen LogP contribution in [0.2, 0.25) is 5.02 Å². The number of rotatable bonds is 5. The van der Waals surface area contributed by atoms with Gasteiger partial charge in [-0.2, -0.15) is 5.26 Å². The highest BCUT2D eigenvalue weighted by atomic mass is 35.5. The lowest BCUT2D eigenvalue weighted by atomic mass is 9.95. The summed E-state index contributed by atoms with van der Waals surface area (Å²) in [6, 6.07) is 18.2. The van der Waals surface area contributed by atoms with E-state index in [-0.39, 0.29) is 0 Å². The van der Waals surface area contributed by atoms with Crippen molar-refractivity contribution < 1.29 is 0 Å². The molecule has 3 aromatic rings. The molecule has 2 heterocycles. The molecule has 4 rings (SSSR count). The number of allylic oxidation sites excluding steroid dienone is 1. The van der Waals surface area contributed by atoms with Crippen molar-refractivity contribution in [1.82, 2.24) is 4.98 Å². The molecule has 0 bridgehead atoms. The highest BCUT2D eigenvalue weighted by Gasteiger charge is 2.24. The fourth-order valence-electron chi connectivity index (χ4n) is 3.90. The van der Waals surface area contributed by atoms with Gasteiger partial charge in [-0.25, -0.2) is 4.98 Å². The summed E-state index contributed by atoms with van der Waals surface area (Å²) in [5.74, 6) is 1.18. The van der Waals surface area contributed by atoms with Crippen molar-refractivity contribution in [3.05, 3.63) is 77.3 Å². The summed E-state index contributed by atoms with van der Waals surface area (Å²) >= 11 is 5.98. The summed E-state index contributed by atoms with van der Waals surface area (Å²) in [6.07, 6.45) is 4.16. The quantitative estimate of drug-likeness (QED) is 0.550. The van der Waals surface area contributed by atoms with E-state index in [9.17, 15) is 5.26 Å². The standard InChI is InChI=1S/C24H23ClN4/c1-2-17-11-13-29(14-12-17)23-20-5-3-4-6-22(20)28-24(21(23)15-26)27-16-18-7-9-19(25)10-8-18/h2-10,17H,1,11-14,16H2,(H,27,28). The SMILES string of the molecule is C=CC1CCN(c2c(C#N)c(NCc3ccc(Cl)cc3)nc3ccccc23)CC1. The number of fused-ring (bicyclic) bond motifs is 1. The average Bonchev–Trinajstić information content (AvgIpc) is 2.77. The van der Waals surface area contributed by atoms with Crippen LogP contribution in [0.4, 0.5) is 11.5 Å². The Hall–Kier alpha value is -3.03. The van der Waals surface area contributed by atoms with Crippen LogP contribution in [0.15, 0.2) is 61.2 Å². The zero-order valence-electron chi connectivity index (χ0n) is 16.2. The largest absolute Gasteiger partial charge is 0.370 e. The number of para-hydroxylation sites is 1. The van der Waals surface area contributed by atoms with Crippen molar-refractivity contribution in [3.63, 3.8) is 0 Å². The second kappa shape index (κ2) is 8.55. The van der Waals surface area contributed by atoms with Crippen LogP contribution >= 0.6 is 11.6 Å². The molecule has 0 saturated carbocycles. The highest BCUT2D eigenvalue weighted by molar-refractivity contribution is 6.30. The van der Waals surface area contributed by atoms with Crippen LogP contribution in [0.5, 0.6) is 0 Å². The van der Waals surface area contributed by atoms with Crippen molar-refractivity contribution in [1.29, 1.82) is 5.26 Å². The summed E-state index contributed by atoms with van der Waals surface area (Å²) < 4.78 is 0. The Morgan fingerprint density at radius 2 is 1.90 bits per heavy atom. The molecule has 146 valence electrons. The van der Waals surface area contributed by atoms with Crippen molar-refractivity contribution in [3.8, 4) is 6.07 Å². The number of hydrogen-bond acceptors (Lipinski definition) is 4. The molecule has 0 aliphatic carbocycles. The van der Waals surface area contributed by atoms with Gasteiger partial charge in [-0.15, -0.1) is 6.58 Å². The molecule has 5 heteroatoms. The monoisotopic (exact) mass is 402 g/mol. The maximum absolute atomic E-state index is 10.0. The molecular formula is C24H23ClN4. The predicted octanol–water partition coefficient (Wildman–Crippen LogP) is 5.77. The molecule has 0 radical (unpaired) electrons. The lowest BCUT2D eigenvalue weighted by Gasteiger charge is -2.34. The predicted molar refractivity (Wildman–Crippen MR) is 120 cm³/mol. The molecule has 2 aromatic carbocycles. The number of benzene rings is 2. The van der Waals surface area contributed by atoms with Gasteiger partial charge in [-0.1, -0.05) is 48.0 Å². The molecule has 29 heavy (non-hydrogen) atoms. The zero-order valence-corrected chi connectivity index (χ0v) is 17.0. The second-order valence-corrected chi connectivity index (χ2v) is 7.79. The minimum Gasteiger partial charge on any atom is -0.370 e. The number of nitriles is 1. The fourth-order valence-corrected chi connectivity index (χ4v) is 4.03. The molecule has 1 aliphatic rings. The van der Waals surface area contributed by atoms with Crippen LogP contribution < -0.4 is 10.2 Å². The first-order chi connectivity index (χ1) is 14.2. The number of halogens is 1. The van der Waals surface area contributed by atoms with Crippen LogP contribution in [-0.2, 0) is 6.54 Å². The first-order valence-corrected chi connectivity index (χ1v) is 10.3. The van der Waals surface area contributed by atoms with E-state index in [4.69, 9.17) is 16.6 Å². The third-order valence-corrected chi connectivity index (χ3v) is 5.79. The number of piperidine rings is 1. The van der Waals surface area contributed by atoms with Gasteiger partial charge in [0.05, 0.1) is 11.2 Å². The highest BCUT2D eigenvalue weighted by Crippen LogP contribution is 2.36. The van der Waals surface area contributed by atoms with Gasteiger partial charge in [0.25, 0.3) is 0 Å². The Morgan fingerprint density at radius 3 is 2.59 bits per heavy atom. The number of nitrogens with zero attached hydrogens (tertiary/aromatic N) is 3. The average molecular weight is 403 g/mol. The van der Waals surface area contributed by atoms with E-state index in [0.717, 1.165) is 48.1 Å². The molecule has 1 fully saturated rings. The van der Waals surface area contributed by atoms with E-state index in [1.165, 1.54) is 0 Å². The smallest absolute Gasteiger partial charge is 0.147 e. The summed E-state index contributed by atoms with van der Waals surface area (Å²) in [7, 11) is 0. The second-order valence-electron chi connectivity index (χ2n) is 7.35. The van der Waals surface area contributed by atoms with Gasteiger partial charge in [0.15, 0.2) is 0 Å². The van der Waals surface area contributed by atoms with E-state index >= 15 is 0 Å².